The Morgan fingerprint density at radius 1 is 1.00 bits per heavy atom. The maximum Gasteiger partial charge on any atom is 0.0959 e. The second-order valence-corrected chi connectivity index (χ2v) is 6.34. The van der Waals surface area contributed by atoms with E-state index in [1.54, 1.807) is 18.5 Å². The van der Waals surface area contributed by atoms with E-state index in [0.717, 1.165) is 27.5 Å². The molecule has 0 atom stereocenters. The van der Waals surface area contributed by atoms with Crippen molar-refractivity contribution in [3.8, 4) is 11.3 Å². The summed E-state index contributed by atoms with van der Waals surface area (Å²) in [7, 11) is 0. The van der Waals surface area contributed by atoms with Gasteiger partial charge < -0.3 is 10.3 Å². The first-order valence-corrected chi connectivity index (χ1v) is 8.16. The van der Waals surface area contributed by atoms with Crippen LogP contribution in [0.4, 0.5) is 0 Å². The summed E-state index contributed by atoms with van der Waals surface area (Å²) in [5, 5.41) is 1.86. The lowest BCUT2D eigenvalue weighted by molar-refractivity contribution is 0.741. The first-order chi connectivity index (χ1) is 11.1. The van der Waals surface area contributed by atoms with E-state index in [0.29, 0.717) is 23.1 Å². The average Bonchev–Trinajstić information content (AvgIpc) is 2.92. The minimum Gasteiger partial charge on any atom is -0.328 e. The molecule has 0 fully saturated rings. The number of benzene rings is 2. The van der Waals surface area contributed by atoms with Gasteiger partial charge in [0.2, 0.25) is 0 Å². The number of halogens is 3. The molecule has 23 heavy (non-hydrogen) atoms. The van der Waals surface area contributed by atoms with E-state index >= 15 is 0 Å². The summed E-state index contributed by atoms with van der Waals surface area (Å²) in [5.41, 5.74) is 9.43. The molecule has 118 valence electrons. The van der Waals surface area contributed by atoms with E-state index in [1.165, 1.54) is 0 Å². The van der Waals surface area contributed by atoms with Gasteiger partial charge in [0.05, 0.1) is 29.3 Å². The van der Waals surface area contributed by atoms with Crippen LogP contribution in [0.2, 0.25) is 15.1 Å². The van der Waals surface area contributed by atoms with Crippen LogP contribution in [0.1, 0.15) is 11.3 Å². The lowest BCUT2D eigenvalue weighted by Crippen LogP contribution is -2.09. The molecule has 3 nitrogen and oxygen atoms in total. The van der Waals surface area contributed by atoms with Gasteiger partial charge in [-0.25, -0.2) is 4.98 Å². The lowest BCUT2D eigenvalue weighted by atomic mass is 10.1. The van der Waals surface area contributed by atoms with Crippen LogP contribution in [-0.2, 0) is 13.1 Å². The molecule has 1 heterocycles. The largest absolute Gasteiger partial charge is 0.328 e. The van der Waals surface area contributed by atoms with Crippen LogP contribution in [0, 0.1) is 0 Å². The molecule has 0 radical (unpaired) electrons. The molecule has 6 heteroatoms. The van der Waals surface area contributed by atoms with Gasteiger partial charge in [-0.1, -0.05) is 53.0 Å². The molecule has 2 aromatic carbocycles. The zero-order chi connectivity index (χ0) is 16.4. The lowest BCUT2D eigenvalue weighted by Gasteiger charge is -2.10. The molecule has 0 amide bonds. The Morgan fingerprint density at radius 3 is 2.48 bits per heavy atom. The molecule has 2 N–H and O–H groups in total. The zero-order valence-electron chi connectivity index (χ0n) is 12.1. The number of nitrogens with two attached hydrogens (primary N) is 1. The van der Waals surface area contributed by atoms with E-state index in [2.05, 4.69) is 4.98 Å². The first kappa shape index (κ1) is 16.3. The summed E-state index contributed by atoms with van der Waals surface area (Å²) in [6, 6.07) is 13.1. The molecule has 0 bridgehead atoms. The van der Waals surface area contributed by atoms with E-state index in [-0.39, 0.29) is 0 Å². The van der Waals surface area contributed by atoms with Gasteiger partial charge in [0, 0.05) is 22.2 Å². The van der Waals surface area contributed by atoms with Crippen molar-refractivity contribution in [1.29, 1.82) is 0 Å². The summed E-state index contributed by atoms with van der Waals surface area (Å²) in [6.45, 7) is 0.948. The Labute approximate surface area is 149 Å². The molecule has 0 aliphatic rings. The van der Waals surface area contributed by atoms with Crippen molar-refractivity contribution in [2.45, 2.75) is 13.1 Å². The Bertz CT molecular complexity index is 843. The summed E-state index contributed by atoms with van der Waals surface area (Å²) in [6.07, 6.45) is 1.76. The Balaban J connectivity index is 2.02. The minimum absolute atomic E-state index is 0.346. The van der Waals surface area contributed by atoms with Gasteiger partial charge in [0.1, 0.15) is 0 Å². The highest BCUT2D eigenvalue weighted by atomic mass is 35.5. The Kier molecular flexibility index (Phi) is 4.93. The highest BCUT2D eigenvalue weighted by Gasteiger charge is 2.15. The number of hydrogen-bond donors (Lipinski definition) is 1. The van der Waals surface area contributed by atoms with Gasteiger partial charge in [0.15, 0.2) is 0 Å². The normalized spacial score (nSPS) is 11.0. The molecule has 1 aromatic heterocycles. The highest BCUT2D eigenvalue weighted by molar-refractivity contribution is 6.36. The maximum absolute atomic E-state index is 6.29. The van der Waals surface area contributed by atoms with Crippen molar-refractivity contribution in [3.63, 3.8) is 0 Å². The monoisotopic (exact) mass is 365 g/mol. The standard InChI is InChI=1S/C17H14Cl3N3/c18-12-5-6-13(15(20)7-12)17-16(8-21)23(10-22-17)9-11-3-1-2-4-14(11)19/h1-7,10H,8-9,21H2. The molecular formula is C17H14Cl3N3. The molecule has 3 aromatic rings. The number of hydrogen-bond acceptors (Lipinski definition) is 2. The summed E-state index contributed by atoms with van der Waals surface area (Å²) < 4.78 is 1.99. The quantitative estimate of drug-likeness (QED) is 0.704. The van der Waals surface area contributed by atoms with Crippen molar-refractivity contribution in [3.05, 3.63) is 75.1 Å². The Morgan fingerprint density at radius 2 is 1.78 bits per heavy atom. The first-order valence-electron chi connectivity index (χ1n) is 7.03. The van der Waals surface area contributed by atoms with Crippen molar-refractivity contribution < 1.29 is 0 Å². The van der Waals surface area contributed by atoms with Gasteiger partial charge in [-0.05, 0) is 29.8 Å². The topological polar surface area (TPSA) is 43.8 Å². The number of nitrogens with zero attached hydrogens (tertiary/aromatic N) is 2. The number of rotatable bonds is 4. The van der Waals surface area contributed by atoms with Gasteiger partial charge >= 0.3 is 0 Å². The minimum atomic E-state index is 0.346. The second kappa shape index (κ2) is 6.93. The molecule has 3 rings (SSSR count). The fourth-order valence-electron chi connectivity index (χ4n) is 2.47. The summed E-state index contributed by atoms with van der Waals surface area (Å²) in [5.74, 6) is 0. The third-order valence-corrected chi connectivity index (χ3v) is 4.54. The van der Waals surface area contributed by atoms with Crippen molar-refractivity contribution in [2.24, 2.45) is 5.73 Å². The fourth-order valence-corrected chi connectivity index (χ4v) is 3.17. The van der Waals surface area contributed by atoms with Crippen LogP contribution < -0.4 is 5.73 Å². The molecule has 0 aliphatic heterocycles. The van der Waals surface area contributed by atoms with Gasteiger partial charge in [0.25, 0.3) is 0 Å². The molecule has 0 saturated heterocycles. The molecule has 0 unspecified atom stereocenters. The van der Waals surface area contributed by atoms with Crippen molar-refractivity contribution in [1.82, 2.24) is 9.55 Å². The van der Waals surface area contributed by atoms with Crippen LogP contribution in [0.3, 0.4) is 0 Å². The van der Waals surface area contributed by atoms with E-state index < -0.39 is 0 Å². The van der Waals surface area contributed by atoms with Crippen LogP contribution in [0.25, 0.3) is 11.3 Å². The van der Waals surface area contributed by atoms with Gasteiger partial charge in [-0.2, -0.15) is 0 Å². The SMILES string of the molecule is NCc1c(-c2ccc(Cl)cc2Cl)ncn1Cc1ccccc1Cl. The molecule has 0 spiro atoms. The summed E-state index contributed by atoms with van der Waals surface area (Å²) >= 11 is 18.5. The third kappa shape index (κ3) is 3.38. The smallest absolute Gasteiger partial charge is 0.0959 e. The second-order valence-electron chi connectivity index (χ2n) is 5.09. The van der Waals surface area contributed by atoms with E-state index in [4.69, 9.17) is 40.5 Å². The molecule has 0 aliphatic carbocycles. The maximum atomic E-state index is 6.29. The number of aromatic nitrogens is 2. The van der Waals surface area contributed by atoms with E-state index in [1.807, 2.05) is 34.9 Å². The average molecular weight is 367 g/mol. The van der Waals surface area contributed by atoms with Crippen molar-refractivity contribution >= 4 is 34.8 Å². The third-order valence-electron chi connectivity index (χ3n) is 3.62. The fraction of sp³-hybridized carbons (Fsp3) is 0.118. The van der Waals surface area contributed by atoms with Gasteiger partial charge in [-0.3, -0.25) is 0 Å². The predicted molar refractivity (Wildman–Crippen MR) is 96.1 cm³/mol. The predicted octanol–water partition coefficient (Wildman–Crippen LogP) is 5.02. The highest BCUT2D eigenvalue weighted by Crippen LogP contribution is 2.32. The zero-order valence-corrected chi connectivity index (χ0v) is 14.4. The van der Waals surface area contributed by atoms with Crippen LogP contribution >= 0.6 is 34.8 Å². The van der Waals surface area contributed by atoms with Crippen LogP contribution in [-0.4, -0.2) is 9.55 Å². The van der Waals surface area contributed by atoms with E-state index in [9.17, 15) is 0 Å². The van der Waals surface area contributed by atoms with Crippen LogP contribution in [0.15, 0.2) is 48.8 Å². The Hall–Kier alpha value is -1.52. The van der Waals surface area contributed by atoms with Crippen LogP contribution in [0.5, 0.6) is 0 Å². The summed E-state index contributed by atoms with van der Waals surface area (Å²) in [4.78, 5) is 4.49. The van der Waals surface area contributed by atoms with Gasteiger partial charge in [-0.15, -0.1) is 0 Å². The van der Waals surface area contributed by atoms with Crippen molar-refractivity contribution in [2.75, 3.05) is 0 Å². The number of imidazole rings is 1. The molecule has 0 saturated carbocycles. The molecular weight excluding hydrogens is 353 g/mol.